The van der Waals surface area contributed by atoms with E-state index >= 15 is 0 Å². The lowest BCUT2D eigenvalue weighted by atomic mass is 10.1. The van der Waals surface area contributed by atoms with Gasteiger partial charge in [0.1, 0.15) is 0 Å². The minimum atomic E-state index is 0.656. The fourth-order valence-electron chi connectivity index (χ4n) is 2.51. The summed E-state index contributed by atoms with van der Waals surface area (Å²) in [6.45, 7) is 5.81. The van der Waals surface area contributed by atoms with Gasteiger partial charge < -0.3 is 10.3 Å². The van der Waals surface area contributed by atoms with E-state index in [1.54, 1.807) is 0 Å². The molecule has 0 bridgehead atoms. The van der Waals surface area contributed by atoms with Crippen LogP contribution in [-0.2, 0) is 13.0 Å². The third-order valence-electron chi connectivity index (χ3n) is 3.48. The lowest BCUT2D eigenvalue weighted by Crippen LogP contribution is -2.09. The zero-order chi connectivity index (χ0) is 13.1. The number of fused-ring (bicyclic) bond motifs is 1. The summed E-state index contributed by atoms with van der Waals surface area (Å²) >= 11 is 6.23. The van der Waals surface area contributed by atoms with E-state index in [0.717, 1.165) is 23.6 Å². The average Bonchev–Trinajstić information content (AvgIpc) is 2.70. The highest BCUT2D eigenvalue weighted by atomic mass is 35.5. The van der Waals surface area contributed by atoms with Crippen molar-refractivity contribution in [1.29, 1.82) is 0 Å². The maximum absolute atomic E-state index is 6.23. The van der Waals surface area contributed by atoms with Crippen LogP contribution in [0.25, 0.3) is 10.9 Å². The van der Waals surface area contributed by atoms with Crippen LogP contribution in [0.5, 0.6) is 0 Å². The molecule has 2 nitrogen and oxygen atoms in total. The van der Waals surface area contributed by atoms with Crippen molar-refractivity contribution in [2.45, 2.75) is 39.7 Å². The Morgan fingerprint density at radius 2 is 2.11 bits per heavy atom. The van der Waals surface area contributed by atoms with Crippen molar-refractivity contribution < 1.29 is 0 Å². The second-order valence-electron chi connectivity index (χ2n) is 4.81. The van der Waals surface area contributed by atoms with Gasteiger partial charge in [-0.2, -0.15) is 0 Å². The molecule has 0 unspecified atom stereocenters. The molecule has 18 heavy (non-hydrogen) atoms. The van der Waals surface area contributed by atoms with Gasteiger partial charge in [0.25, 0.3) is 0 Å². The number of halogens is 1. The van der Waals surface area contributed by atoms with Gasteiger partial charge in [0, 0.05) is 29.7 Å². The fraction of sp³-hybridized carbons (Fsp3) is 0.467. The highest BCUT2D eigenvalue weighted by Crippen LogP contribution is 2.30. The van der Waals surface area contributed by atoms with Crippen LogP contribution in [0.4, 0.5) is 0 Å². The van der Waals surface area contributed by atoms with Crippen LogP contribution in [-0.4, -0.2) is 11.1 Å². The molecule has 0 spiro atoms. The van der Waals surface area contributed by atoms with Gasteiger partial charge in [0.05, 0.1) is 5.52 Å². The maximum Gasteiger partial charge on any atom is 0.0528 e. The van der Waals surface area contributed by atoms with Crippen molar-refractivity contribution in [3.05, 3.63) is 34.5 Å². The monoisotopic (exact) mass is 264 g/mol. The molecule has 2 rings (SSSR count). The van der Waals surface area contributed by atoms with Crippen molar-refractivity contribution in [3.63, 3.8) is 0 Å². The molecule has 0 atom stereocenters. The maximum atomic E-state index is 6.23. The van der Waals surface area contributed by atoms with Crippen molar-refractivity contribution in [2.24, 2.45) is 5.73 Å². The van der Waals surface area contributed by atoms with Gasteiger partial charge in [-0.1, -0.05) is 31.0 Å². The van der Waals surface area contributed by atoms with Crippen molar-refractivity contribution in [3.8, 4) is 0 Å². The van der Waals surface area contributed by atoms with Crippen LogP contribution in [0.15, 0.2) is 18.3 Å². The van der Waals surface area contributed by atoms with E-state index in [1.165, 1.54) is 29.3 Å². The number of hydrogen-bond donors (Lipinski definition) is 1. The van der Waals surface area contributed by atoms with Crippen molar-refractivity contribution in [2.75, 3.05) is 6.54 Å². The lowest BCUT2D eigenvalue weighted by Gasteiger charge is -2.06. The van der Waals surface area contributed by atoms with E-state index in [0.29, 0.717) is 6.54 Å². The highest BCUT2D eigenvalue weighted by Gasteiger charge is 2.11. The predicted molar refractivity (Wildman–Crippen MR) is 79.4 cm³/mol. The topological polar surface area (TPSA) is 30.9 Å². The Bertz CT molecular complexity index is 543. The molecular formula is C15H21ClN2. The first-order valence-electron chi connectivity index (χ1n) is 6.66. The molecule has 0 aliphatic rings. The fourth-order valence-corrected chi connectivity index (χ4v) is 2.66. The van der Waals surface area contributed by atoms with Crippen LogP contribution in [0.3, 0.4) is 0 Å². The molecular weight excluding hydrogens is 244 g/mol. The molecule has 98 valence electrons. The minimum absolute atomic E-state index is 0.656. The van der Waals surface area contributed by atoms with Crippen molar-refractivity contribution in [1.82, 2.24) is 4.57 Å². The van der Waals surface area contributed by atoms with Gasteiger partial charge >= 0.3 is 0 Å². The second kappa shape index (κ2) is 5.77. The smallest absolute Gasteiger partial charge is 0.0528 e. The number of hydrogen-bond acceptors (Lipinski definition) is 1. The summed E-state index contributed by atoms with van der Waals surface area (Å²) < 4.78 is 2.25. The van der Waals surface area contributed by atoms with Crippen LogP contribution >= 0.6 is 11.6 Å². The number of nitrogens with two attached hydrogens (primary N) is 1. The standard InChI is InChI=1S/C15H21ClN2/c1-3-4-5-12-10-18(9-8-17)15-11(2)14(16)7-6-13(12)15/h6-7,10H,3-5,8-9,17H2,1-2H3. The highest BCUT2D eigenvalue weighted by molar-refractivity contribution is 6.32. The molecule has 1 aromatic heterocycles. The normalized spacial score (nSPS) is 11.3. The van der Waals surface area contributed by atoms with E-state index in [-0.39, 0.29) is 0 Å². The zero-order valence-corrected chi connectivity index (χ0v) is 11.9. The summed E-state index contributed by atoms with van der Waals surface area (Å²) in [6.07, 6.45) is 5.82. The number of unbranched alkanes of at least 4 members (excludes halogenated alkanes) is 1. The molecule has 1 heterocycles. The summed E-state index contributed by atoms with van der Waals surface area (Å²) in [5.41, 5.74) is 9.52. The molecule has 0 fully saturated rings. The second-order valence-corrected chi connectivity index (χ2v) is 5.22. The summed E-state index contributed by atoms with van der Waals surface area (Å²) in [5.74, 6) is 0. The number of aromatic nitrogens is 1. The van der Waals surface area contributed by atoms with E-state index in [9.17, 15) is 0 Å². The zero-order valence-electron chi connectivity index (χ0n) is 11.2. The first kappa shape index (κ1) is 13.4. The van der Waals surface area contributed by atoms with Crippen LogP contribution in [0.1, 0.15) is 30.9 Å². The van der Waals surface area contributed by atoms with Gasteiger partial charge in [-0.25, -0.2) is 0 Å². The Kier molecular flexibility index (Phi) is 4.31. The van der Waals surface area contributed by atoms with Gasteiger partial charge in [0.15, 0.2) is 0 Å². The molecule has 0 aliphatic carbocycles. The number of rotatable bonds is 5. The number of aryl methyl sites for hydroxylation is 2. The average molecular weight is 265 g/mol. The van der Waals surface area contributed by atoms with Crippen LogP contribution in [0.2, 0.25) is 5.02 Å². The summed E-state index contributed by atoms with van der Waals surface area (Å²) in [5, 5.41) is 2.17. The molecule has 1 aromatic carbocycles. The Balaban J connectivity index is 2.56. The Labute approximate surface area is 114 Å². The molecule has 2 N–H and O–H groups in total. The first-order valence-corrected chi connectivity index (χ1v) is 7.03. The van der Waals surface area contributed by atoms with Gasteiger partial charge in [-0.3, -0.25) is 0 Å². The third-order valence-corrected chi connectivity index (χ3v) is 3.89. The SMILES string of the molecule is CCCCc1cn(CCN)c2c(C)c(Cl)ccc12. The largest absolute Gasteiger partial charge is 0.346 e. The van der Waals surface area contributed by atoms with E-state index in [1.807, 2.05) is 6.07 Å². The Morgan fingerprint density at radius 3 is 2.78 bits per heavy atom. The third kappa shape index (κ3) is 2.40. The van der Waals surface area contributed by atoms with Crippen LogP contribution in [0, 0.1) is 6.92 Å². The molecule has 3 heteroatoms. The molecule has 0 amide bonds. The van der Waals surface area contributed by atoms with E-state index in [2.05, 4.69) is 30.7 Å². The Hall–Kier alpha value is -0.990. The lowest BCUT2D eigenvalue weighted by molar-refractivity contribution is 0.725. The summed E-state index contributed by atoms with van der Waals surface area (Å²) in [4.78, 5) is 0. The number of nitrogens with zero attached hydrogens (tertiary/aromatic N) is 1. The van der Waals surface area contributed by atoms with Gasteiger partial charge in [-0.15, -0.1) is 0 Å². The van der Waals surface area contributed by atoms with Gasteiger partial charge in [0.2, 0.25) is 0 Å². The molecule has 0 aliphatic heterocycles. The van der Waals surface area contributed by atoms with Crippen LogP contribution < -0.4 is 5.73 Å². The number of benzene rings is 1. The molecule has 0 radical (unpaired) electrons. The van der Waals surface area contributed by atoms with Gasteiger partial charge in [-0.05, 0) is 37.0 Å². The van der Waals surface area contributed by atoms with E-state index < -0.39 is 0 Å². The van der Waals surface area contributed by atoms with Crippen molar-refractivity contribution >= 4 is 22.5 Å². The Morgan fingerprint density at radius 1 is 1.33 bits per heavy atom. The minimum Gasteiger partial charge on any atom is -0.346 e. The quantitative estimate of drug-likeness (QED) is 0.872. The van der Waals surface area contributed by atoms with E-state index in [4.69, 9.17) is 17.3 Å². The summed E-state index contributed by atoms with van der Waals surface area (Å²) in [6, 6.07) is 4.14. The molecule has 0 saturated carbocycles. The molecule has 2 aromatic rings. The molecule has 0 saturated heterocycles. The first-order chi connectivity index (χ1) is 8.69. The predicted octanol–water partition coefficient (Wildman–Crippen LogP) is 3.90. The summed E-state index contributed by atoms with van der Waals surface area (Å²) in [7, 11) is 0.